The Hall–Kier alpha value is -3.10. The highest BCUT2D eigenvalue weighted by Crippen LogP contribution is 2.30. The van der Waals surface area contributed by atoms with Crippen molar-refractivity contribution in [3.8, 4) is 0 Å². The van der Waals surface area contributed by atoms with Gasteiger partial charge in [0.15, 0.2) is 10.9 Å². The maximum atomic E-state index is 12.9. The van der Waals surface area contributed by atoms with Gasteiger partial charge in [0.25, 0.3) is 5.91 Å². The average Bonchev–Trinajstić information content (AvgIpc) is 3.16. The number of amides is 1. The number of anilines is 2. The number of fused-ring (bicyclic) bond motifs is 2. The number of rotatable bonds is 3. The third kappa shape index (κ3) is 3.59. The van der Waals surface area contributed by atoms with Gasteiger partial charge in [0.05, 0.1) is 26.9 Å². The standard InChI is InChI=1S/C22H22N6OS/c1-14-20(24-17-6-4-3-5-16(17)23-14)26-22-25-18-8-7-15(13-19(18)30-22)21(29)28-11-9-27(2)10-12-28/h3-8,13H,9-12H2,1-2H3,(H,24,25,26). The maximum Gasteiger partial charge on any atom is 0.253 e. The highest BCUT2D eigenvalue weighted by atomic mass is 32.1. The lowest BCUT2D eigenvalue weighted by molar-refractivity contribution is 0.0664. The van der Waals surface area contributed by atoms with E-state index in [2.05, 4.69) is 32.2 Å². The molecule has 0 saturated carbocycles. The Morgan fingerprint density at radius 3 is 2.47 bits per heavy atom. The van der Waals surface area contributed by atoms with Crippen molar-refractivity contribution in [1.82, 2.24) is 24.8 Å². The summed E-state index contributed by atoms with van der Waals surface area (Å²) in [6.07, 6.45) is 0. The summed E-state index contributed by atoms with van der Waals surface area (Å²) in [6.45, 7) is 5.29. The zero-order valence-corrected chi connectivity index (χ0v) is 17.7. The Bertz CT molecular complexity index is 1250. The summed E-state index contributed by atoms with van der Waals surface area (Å²) >= 11 is 1.52. The SMILES string of the molecule is Cc1nc2ccccc2nc1Nc1nc2ccc(C(=O)N3CCN(C)CC3)cc2s1. The fourth-order valence-corrected chi connectivity index (χ4v) is 4.52. The summed E-state index contributed by atoms with van der Waals surface area (Å²) in [4.78, 5) is 31.0. The minimum atomic E-state index is 0.0872. The van der Waals surface area contributed by atoms with E-state index in [0.717, 1.165) is 58.3 Å². The molecule has 1 aliphatic heterocycles. The largest absolute Gasteiger partial charge is 0.336 e. The van der Waals surface area contributed by atoms with Crippen LogP contribution in [-0.2, 0) is 0 Å². The van der Waals surface area contributed by atoms with Crippen LogP contribution in [0.25, 0.3) is 21.3 Å². The lowest BCUT2D eigenvalue weighted by atomic mass is 10.1. The van der Waals surface area contributed by atoms with Crippen LogP contribution in [0.5, 0.6) is 0 Å². The van der Waals surface area contributed by atoms with Crippen LogP contribution in [0.4, 0.5) is 10.9 Å². The normalized spacial score (nSPS) is 15.1. The molecule has 3 heterocycles. The van der Waals surface area contributed by atoms with Gasteiger partial charge >= 0.3 is 0 Å². The molecule has 0 aliphatic carbocycles. The van der Waals surface area contributed by atoms with E-state index in [-0.39, 0.29) is 5.91 Å². The molecule has 0 atom stereocenters. The quantitative estimate of drug-likeness (QED) is 0.547. The van der Waals surface area contributed by atoms with Crippen LogP contribution in [0.1, 0.15) is 16.1 Å². The Balaban J connectivity index is 1.40. The number of likely N-dealkylation sites (N-methyl/N-ethyl adjacent to an activating group) is 1. The van der Waals surface area contributed by atoms with Crippen LogP contribution < -0.4 is 5.32 Å². The summed E-state index contributed by atoms with van der Waals surface area (Å²) in [5.41, 5.74) is 4.11. The van der Waals surface area contributed by atoms with Crippen molar-refractivity contribution in [1.29, 1.82) is 0 Å². The van der Waals surface area contributed by atoms with Crippen molar-refractivity contribution in [2.75, 3.05) is 38.5 Å². The van der Waals surface area contributed by atoms with Crippen molar-refractivity contribution in [2.24, 2.45) is 0 Å². The van der Waals surface area contributed by atoms with E-state index < -0.39 is 0 Å². The van der Waals surface area contributed by atoms with Gasteiger partial charge in [-0.2, -0.15) is 0 Å². The molecule has 4 aromatic rings. The first-order valence-corrected chi connectivity index (χ1v) is 10.8. The number of aromatic nitrogens is 3. The molecule has 8 heteroatoms. The molecule has 0 spiro atoms. The lowest BCUT2D eigenvalue weighted by Crippen LogP contribution is -2.47. The molecule has 0 unspecified atom stereocenters. The summed E-state index contributed by atoms with van der Waals surface area (Å²) in [7, 11) is 2.08. The number of hydrogen-bond acceptors (Lipinski definition) is 7. The highest BCUT2D eigenvalue weighted by molar-refractivity contribution is 7.22. The fourth-order valence-electron chi connectivity index (χ4n) is 3.61. The maximum absolute atomic E-state index is 12.9. The molecule has 0 radical (unpaired) electrons. The number of piperazine rings is 1. The van der Waals surface area contributed by atoms with Crippen LogP contribution in [0.3, 0.4) is 0 Å². The predicted molar refractivity (Wildman–Crippen MR) is 121 cm³/mol. The third-order valence-electron chi connectivity index (χ3n) is 5.40. The molecule has 2 aromatic heterocycles. The number of thiazole rings is 1. The molecule has 30 heavy (non-hydrogen) atoms. The van der Waals surface area contributed by atoms with Crippen molar-refractivity contribution in [2.45, 2.75) is 6.92 Å². The van der Waals surface area contributed by atoms with Gasteiger partial charge in [0, 0.05) is 31.7 Å². The minimum Gasteiger partial charge on any atom is -0.336 e. The van der Waals surface area contributed by atoms with Gasteiger partial charge in [-0.1, -0.05) is 23.5 Å². The molecule has 1 N–H and O–H groups in total. The van der Waals surface area contributed by atoms with E-state index in [1.54, 1.807) is 0 Å². The molecule has 152 valence electrons. The molecule has 1 saturated heterocycles. The van der Waals surface area contributed by atoms with Gasteiger partial charge in [-0.25, -0.2) is 15.0 Å². The van der Waals surface area contributed by atoms with E-state index in [9.17, 15) is 4.79 Å². The van der Waals surface area contributed by atoms with Crippen molar-refractivity contribution < 1.29 is 4.79 Å². The minimum absolute atomic E-state index is 0.0872. The number of nitrogens with one attached hydrogen (secondary N) is 1. The summed E-state index contributed by atoms with van der Waals surface area (Å²) in [5.74, 6) is 0.783. The van der Waals surface area contributed by atoms with Crippen LogP contribution >= 0.6 is 11.3 Å². The number of para-hydroxylation sites is 2. The van der Waals surface area contributed by atoms with E-state index in [0.29, 0.717) is 11.4 Å². The molecular formula is C22H22N6OS. The van der Waals surface area contributed by atoms with Gasteiger partial charge in [-0.15, -0.1) is 0 Å². The summed E-state index contributed by atoms with van der Waals surface area (Å²) in [6, 6.07) is 13.5. The van der Waals surface area contributed by atoms with E-state index in [1.807, 2.05) is 54.3 Å². The van der Waals surface area contributed by atoms with Crippen LogP contribution in [-0.4, -0.2) is 63.9 Å². The number of carbonyl (C=O) groups is 1. The van der Waals surface area contributed by atoms with Crippen LogP contribution in [0.15, 0.2) is 42.5 Å². The predicted octanol–water partition coefficient (Wildman–Crippen LogP) is 3.68. The summed E-state index contributed by atoms with van der Waals surface area (Å²) in [5, 5.41) is 4.04. The van der Waals surface area contributed by atoms with Gasteiger partial charge in [0.1, 0.15) is 0 Å². The molecular weight excluding hydrogens is 396 g/mol. The number of carbonyl (C=O) groups excluding carboxylic acids is 1. The first-order valence-electron chi connectivity index (χ1n) is 9.96. The Labute approximate surface area is 178 Å². The van der Waals surface area contributed by atoms with Crippen molar-refractivity contribution in [3.63, 3.8) is 0 Å². The van der Waals surface area contributed by atoms with E-state index in [1.165, 1.54) is 11.3 Å². The lowest BCUT2D eigenvalue weighted by Gasteiger charge is -2.32. The van der Waals surface area contributed by atoms with Gasteiger partial charge < -0.3 is 15.1 Å². The Morgan fingerprint density at radius 2 is 1.70 bits per heavy atom. The topological polar surface area (TPSA) is 74.2 Å². The third-order valence-corrected chi connectivity index (χ3v) is 6.33. The number of nitrogens with zero attached hydrogens (tertiary/aromatic N) is 5. The first kappa shape index (κ1) is 18.9. The number of benzene rings is 2. The van der Waals surface area contributed by atoms with Gasteiger partial charge in [0.2, 0.25) is 0 Å². The zero-order chi connectivity index (χ0) is 20.7. The second-order valence-corrected chi connectivity index (χ2v) is 8.60. The zero-order valence-electron chi connectivity index (χ0n) is 16.9. The van der Waals surface area contributed by atoms with E-state index in [4.69, 9.17) is 0 Å². The Kier molecular flexibility index (Phi) is 4.80. The Morgan fingerprint density at radius 1 is 0.967 bits per heavy atom. The number of hydrogen-bond donors (Lipinski definition) is 1. The molecule has 1 amide bonds. The van der Waals surface area contributed by atoms with Gasteiger partial charge in [-0.3, -0.25) is 4.79 Å². The van der Waals surface area contributed by atoms with Crippen LogP contribution in [0, 0.1) is 6.92 Å². The number of aryl methyl sites for hydroxylation is 1. The second-order valence-electron chi connectivity index (χ2n) is 7.57. The van der Waals surface area contributed by atoms with E-state index >= 15 is 0 Å². The molecule has 1 fully saturated rings. The second kappa shape index (κ2) is 7.62. The van der Waals surface area contributed by atoms with Crippen molar-refractivity contribution >= 4 is 49.4 Å². The molecule has 7 nitrogen and oxygen atoms in total. The van der Waals surface area contributed by atoms with Crippen molar-refractivity contribution in [3.05, 3.63) is 53.7 Å². The molecule has 0 bridgehead atoms. The summed E-state index contributed by atoms with van der Waals surface area (Å²) < 4.78 is 0.976. The molecule has 1 aliphatic rings. The smallest absolute Gasteiger partial charge is 0.253 e. The monoisotopic (exact) mass is 418 g/mol. The highest BCUT2D eigenvalue weighted by Gasteiger charge is 2.21. The van der Waals surface area contributed by atoms with Gasteiger partial charge in [-0.05, 0) is 44.3 Å². The molecule has 2 aromatic carbocycles. The molecule has 5 rings (SSSR count). The first-order chi connectivity index (χ1) is 14.6. The fraction of sp³-hybridized carbons (Fsp3) is 0.273. The average molecular weight is 419 g/mol. The van der Waals surface area contributed by atoms with Crippen LogP contribution in [0.2, 0.25) is 0 Å².